The van der Waals surface area contributed by atoms with E-state index in [9.17, 15) is 9.59 Å². The van der Waals surface area contributed by atoms with Gasteiger partial charge in [0.2, 0.25) is 11.8 Å². The van der Waals surface area contributed by atoms with E-state index in [1.807, 2.05) is 43.3 Å². The molecule has 5 heteroatoms. The van der Waals surface area contributed by atoms with E-state index in [-0.39, 0.29) is 23.7 Å². The van der Waals surface area contributed by atoms with Crippen LogP contribution in [-0.2, 0) is 22.7 Å². The van der Waals surface area contributed by atoms with Gasteiger partial charge < -0.3 is 10.6 Å². The highest BCUT2D eigenvalue weighted by molar-refractivity contribution is 5.92. The number of carbonyl (C=O) groups is 2. The zero-order chi connectivity index (χ0) is 16.9. The van der Waals surface area contributed by atoms with Crippen LogP contribution in [0.3, 0.4) is 0 Å². The zero-order valence-corrected chi connectivity index (χ0v) is 13.7. The van der Waals surface area contributed by atoms with E-state index < -0.39 is 0 Å². The number of aromatic nitrogens is 1. The monoisotopic (exact) mass is 323 g/mol. The van der Waals surface area contributed by atoms with Gasteiger partial charge in [0.25, 0.3) is 0 Å². The van der Waals surface area contributed by atoms with E-state index in [1.54, 1.807) is 12.4 Å². The van der Waals surface area contributed by atoms with Crippen molar-refractivity contribution in [2.75, 3.05) is 0 Å². The molecule has 2 amide bonds. The minimum absolute atomic E-state index is 0.0435. The van der Waals surface area contributed by atoms with Gasteiger partial charge >= 0.3 is 0 Å². The van der Waals surface area contributed by atoms with Crippen LogP contribution in [0.4, 0.5) is 0 Å². The van der Waals surface area contributed by atoms with Crippen LogP contribution in [0.2, 0.25) is 0 Å². The molecular weight excluding hydrogens is 302 g/mol. The van der Waals surface area contributed by atoms with Crippen LogP contribution in [0.25, 0.3) is 0 Å². The predicted molar refractivity (Wildman–Crippen MR) is 90.7 cm³/mol. The highest BCUT2D eigenvalue weighted by Crippen LogP contribution is 2.38. The fourth-order valence-corrected chi connectivity index (χ4v) is 2.74. The summed E-state index contributed by atoms with van der Waals surface area (Å²) in [5.41, 5.74) is 3.19. The summed E-state index contributed by atoms with van der Waals surface area (Å²) < 4.78 is 0. The number of nitrogens with one attached hydrogen (secondary N) is 2. The number of benzene rings is 1. The summed E-state index contributed by atoms with van der Waals surface area (Å²) in [7, 11) is 0. The Bertz CT molecular complexity index is 730. The molecule has 5 nitrogen and oxygen atoms in total. The average molecular weight is 323 g/mol. The Kier molecular flexibility index (Phi) is 4.89. The van der Waals surface area contributed by atoms with Gasteiger partial charge in [-0.3, -0.25) is 14.6 Å². The van der Waals surface area contributed by atoms with E-state index in [4.69, 9.17) is 0 Å². The molecule has 2 unspecified atom stereocenters. The molecule has 1 aliphatic rings. The van der Waals surface area contributed by atoms with Gasteiger partial charge in [0.05, 0.1) is 11.8 Å². The molecule has 0 bridgehead atoms. The quantitative estimate of drug-likeness (QED) is 0.854. The number of amides is 2. The molecule has 1 aliphatic carbocycles. The third-order valence-corrected chi connectivity index (χ3v) is 4.20. The Labute approximate surface area is 141 Å². The number of aryl methyl sites for hydroxylation is 1. The molecule has 1 aromatic heterocycles. The fourth-order valence-electron chi connectivity index (χ4n) is 2.74. The largest absolute Gasteiger partial charge is 0.352 e. The topological polar surface area (TPSA) is 71.1 Å². The van der Waals surface area contributed by atoms with Crippen molar-refractivity contribution in [3.8, 4) is 0 Å². The zero-order valence-electron chi connectivity index (χ0n) is 13.7. The molecule has 0 spiro atoms. The molecule has 2 N–H and O–H groups in total. The maximum atomic E-state index is 12.2. The lowest BCUT2D eigenvalue weighted by Crippen LogP contribution is -2.29. The van der Waals surface area contributed by atoms with Crippen LogP contribution in [0.15, 0.2) is 48.8 Å². The predicted octanol–water partition coefficient (Wildman–Crippen LogP) is 1.96. The standard InChI is InChI=1S/C19H21N3O2/c1-13-4-2-5-14(8-13)11-21-18(23)16-9-17(16)19(24)22-12-15-6-3-7-20-10-15/h2-8,10,16-17H,9,11-12H2,1H3,(H,21,23)(H,22,24). The minimum Gasteiger partial charge on any atom is -0.352 e. The Morgan fingerprint density at radius 1 is 1.04 bits per heavy atom. The first kappa shape index (κ1) is 16.2. The van der Waals surface area contributed by atoms with Crippen molar-refractivity contribution in [3.05, 3.63) is 65.5 Å². The van der Waals surface area contributed by atoms with Crippen LogP contribution in [-0.4, -0.2) is 16.8 Å². The molecule has 1 saturated carbocycles. The molecular formula is C19H21N3O2. The van der Waals surface area contributed by atoms with Crippen molar-refractivity contribution in [1.29, 1.82) is 0 Å². The summed E-state index contributed by atoms with van der Waals surface area (Å²) in [6.07, 6.45) is 4.04. The smallest absolute Gasteiger partial charge is 0.224 e. The number of hydrogen-bond acceptors (Lipinski definition) is 3. The summed E-state index contributed by atoms with van der Waals surface area (Å²) in [6.45, 7) is 2.97. The molecule has 0 aliphatic heterocycles. The van der Waals surface area contributed by atoms with Gasteiger partial charge in [-0.2, -0.15) is 0 Å². The second kappa shape index (κ2) is 7.25. The van der Waals surface area contributed by atoms with E-state index in [1.165, 1.54) is 5.56 Å². The maximum Gasteiger partial charge on any atom is 0.224 e. The van der Waals surface area contributed by atoms with Gasteiger partial charge in [-0.25, -0.2) is 0 Å². The van der Waals surface area contributed by atoms with Gasteiger partial charge in [0.15, 0.2) is 0 Å². The fraction of sp³-hybridized carbons (Fsp3) is 0.316. The Hall–Kier alpha value is -2.69. The maximum absolute atomic E-state index is 12.2. The van der Waals surface area contributed by atoms with Crippen molar-refractivity contribution in [2.45, 2.75) is 26.4 Å². The number of rotatable bonds is 6. The molecule has 1 aromatic carbocycles. The van der Waals surface area contributed by atoms with E-state index >= 15 is 0 Å². The van der Waals surface area contributed by atoms with E-state index in [0.29, 0.717) is 19.5 Å². The summed E-state index contributed by atoms with van der Waals surface area (Å²) in [4.78, 5) is 28.3. The number of nitrogens with zero attached hydrogens (tertiary/aromatic N) is 1. The molecule has 1 heterocycles. The molecule has 2 aromatic rings. The second-order valence-corrected chi connectivity index (χ2v) is 6.23. The van der Waals surface area contributed by atoms with Gasteiger partial charge in [0, 0.05) is 25.5 Å². The van der Waals surface area contributed by atoms with Gasteiger partial charge in [0.1, 0.15) is 0 Å². The van der Waals surface area contributed by atoms with Crippen LogP contribution >= 0.6 is 0 Å². The average Bonchev–Trinajstić information content (AvgIpc) is 3.39. The lowest BCUT2D eigenvalue weighted by atomic mass is 10.1. The Balaban J connectivity index is 1.42. The minimum atomic E-state index is -0.209. The molecule has 1 fully saturated rings. The van der Waals surface area contributed by atoms with Gasteiger partial charge in [-0.05, 0) is 30.5 Å². The third-order valence-electron chi connectivity index (χ3n) is 4.20. The lowest BCUT2D eigenvalue weighted by molar-refractivity contribution is -0.127. The summed E-state index contributed by atoms with van der Waals surface area (Å²) in [6, 6.07) is 11.8. The summed E-state index contributed by atoms with van der Waals surface area (Å²) in [5.74, 6) is -0.518. The molecule has 3 rings (SSSR count). The first-order chi connectivity index (χ1) is 11.6. The molecule has 2 atom stereocenters. The van der Waals surface area contributed by atoms with Gasteiger partial charge in [-0.15, -0.1) is 0 Å². The highest BCUT2D eigenvalue weighted by atomic mass is 16.2. The van der Waals surface area contributed by atoms with Crippen molar-refractivity contribution < 1.29 is 9.59 Å². The van der Waals surface area contributed by atoms with Crippen molar-refractivity contribution in [3.63, 3.8) is 0 Å². The van der Waals surface area contributed by atoms with Gasteiger partial charge in [-0.1, -0.05) is 35.9 Å². The van der Waals surface area contributed by atoms with Crippen LogP contribution in [0.1, 0.15) is 23.1 Å². The Morgan fingerprint density at radius 2 is 1.71 bits per heavy atom. The molecule has 24 heavy (non-hydrogen) atoms. The lowest BCUT2D eigenvalue weighted by Gasteiger charge is -2.07. The molecule has 0 saturated heterocycles. The Morgan fingerprint density at radius 3 is 2.33 bits per heavy atom. The van der Waals surface area contributed by atoms with Crippen molar-refractivity contribution >= 4 is 11.8 Å². The number of pyridine rings is 1. The number of carbonyl (C=O) groups excluding carboxylic acids is 2. The summed E-state index contributed by atoms with van der Waals surface area (Å²) >= 11 is 0. The van der Waals surface area contributed by atoms with Crippen LogP contribution in [0.5, 0.6) is 0 Å². The summed E-state index contributed by atoms with van der Waals surface area (Å²) in [5, 5.41) is 5.79. The normalized spacial score (nSPS) is 18.7. The third kappa shape index (κ3) is 4.19. The van der Waals surface area contributed by atoms with Crippen molar-refractivity contribution in [2.24, 2.45) is 11.8 Å². The first-order valence-electron chi connectivity index (χ1n) is 8.13. The first-order valence-corrected chi connectivity index (χ1v) is 8.13. The van der Waals surface area contributed by atoms with Crippen LogP contribution < -0.4 is 10.6 Å². The van der Waals surface area contributed by atoms with E-state index in [0.717, 1.165) is 11.1 Å². The molecule has 124 valence electrons. The highest BCUT2D eigenvalue weighted by Gasteiger charge is 2.47. The van der Waals surface area contributed by atoms with E-state index in [2.05, 4.69) is 15.6 Å². The SMILES string of the molecule is Cc1cccc(CNC(=O)C2CC2C(=O)NCc2cccnc2)c1. The van der Waals surface area contributed by atoms with Crippen molar-refractivity contribution in [1.82, 2.24) is 15.6 Å². The van der Waals surface area contributed by atoms with Crippen LogP contribution in [0, 0.1) is 18.8 Å². The number of hydrogen-bond donors (Lipinski definition) is 2. The second-order valence-electron chi connectivity index (χ2n) is 6.23. The molecule has 0 radical (unpaired) electrons.